The molecule has 3 rings (SSSR count). The summed E-state index contributed by atoms with van der Waals surface area (Å²) in [6, 6.07) is 18.0. The molecule has 4 nitrogen and oxygen atoms in total. The number of hydrogen-bond acceptors (Lipinski definition) is 2. The van der Waals surface area contributed by atoms with Gasteiger partial charge in [-0.05, 0) is 55.4 Å². The molecular weight excluding hydrogens is 372 g/mol. The maximum Gasteiger partial charge on any atom is 0.220 e. The van der Waals surface area contributed by atoms with Gasteiger partial charge in [-0.3, -0.25) is 9.59 Å². The van der Waals surface area contributed by atoms with E-state index in [0.29, 0.717) is 30.8 Å². The highest BCUT2D eigenvalue weighted by molar-refractivity contribution is 6.30. The zero-order chi connectivity index (χ0) is 19.8. The number of carbonyl (C=O) groups is 2. The van der Waals surface area contributed by atoms with Gasteiger partial charge in [-0.2, -0.15) is 0 Å². The summed E-state index contributed by atoms with van der Waals surface area (Å²) in [5, 5.41) is 6.83. The second kappa shape index (κ2) is 9.74. The number of benzene rings is 2. The molecular formula is C23H27ClN2O2. The minimum Gasteiger partial charge on any atom is -0.356 e. The fourth-order valence-electron chi connectivity index (χ4n) is 3.78. The summed E-state index contributed by atoms with van der Waals surface area (Å²) in [6.07, 6.45) is 4.93. The molecule has 0 aromatic heterocycles. The summed E-state index contributed by atoms with van der Waals surface area (Å²) in [4.78, 5) is 24.2. The summed E-state index contributed by atoms with van der Waals surface area (Å²) >= 11 is 5.97. The molecule has 1 unspecified atom stereocenters. The van der Waals surface area contributed by atoms with E-state index in [1.807, 2.05) is 42.5 Å². The topological polar surface area (TPSA) is 58.2 Å². The van der Waals surface area contributed by atoms with Crippen LogP contribution in [0.4, 0.5) is 0 Å². The molecule has 1 fully saturated rings. The molecule has 0 bridgehead atoms. The van der Waals surface area contributed by atoms with Crippen molar-refractivity contribution in [2.24, 2.45) is 0 Å². The maximum atomic E-state index is 12.3. The van der Waals surface area contributed by atoms with Gasteiger partial charge in [0.25, 0.3) is 0 Å². The van der Waals surface area contributed by atoms with Gasteiger partial charge >= 0.3 is 0 Å². The van der Waals surface area contributed by atoms with Crippen molar-refractivity contribution in [3.05, 3.63) is 70.7 Å². The van der Waals surface area contributed by atoms with Crippen LogP contribution in [0.15, 0.2) is 54.6 Å². The van der Waals surface area contributed by atoms with Crippen LogP contribution in [0.25, 0.3) is 0 Å². The van der Waals surface area contributed by atoms with Crippen molar-refractivity contribution in [3.63, 3.8) is 0 Å². The Labute approximate surface area is 171 Å². The second-order valence-electron chi connectivity index (χ2n) is 7.57. The number of nitrogens with one attached hydrogen (secondary N) is 2. The normalized spacial score (nSPS) is 18.7. The summed E-state index contributed by atoms with van der Waals surface area (Å²) in [6.45, 7) is 0.671. The molecule has 0 aliphatic carbocycles. The Balaban J connectivity index is 1.46. The third-order valence-electron chi connectivity index (χ3n) is 5.33. The molecule has 2 aromatic carbocycles. The Kier molecular flexibility index (Phi) is 7.10. The van der Waals surface area contributed by atoms with Crippen LogP contribution in [-0.2, 0) is 22.4 Å². The number of carbonyl (C=O) groups excluding carboxylic acids is 2. The van der Waals surface area contributed by atoms with E-state index in [1.54, 1.807) is 0 Å². The molecule has 148 valence electrons. The Morgan fingerprint density at radius 3 is 2.50 bits per heavy atom. The fourth-order valence-corrected chi connectivity index (χ4v) is 3.91. The van der Waals surface area contributed by atoms with Gasteiger partial charge in [-0.25, -0.2) is 0 Å². The van der Waals surface area contributed by atoms with Crippen molar-refractivity contribution in [1.29, 1.82) is 0 Å². The van der Waals surface area contributed by atoms with Gasteiger partial charge < -0.3 is 10.6 Å². The Bertz CT molecular complexity index is 792. The van der Waals surface area contributed by atoms with Crippen LogP contribution in [0.5, 0.6) is 0 Å². The molecule has 2 aromatic rings. The van der Waals surface area contributed by atoms with E-state index in [9.17, 15) is 9.59 Å². The van der Waals surface area contributed by atoms with E-state index in [-0.39, 0.29) is 17.4 Å². The van der Waals surface area contributed by atoms with Crippen molar-refractivity contribution in [2.45, 2.75) is 50.5 Å². The van der Waals surface area contributed by atoms with Crippen LogP contribution < -0.4 is 10.6 Å². The zero-order valence-electron chi connectivity index (χ0n) is 16.0. The number of halogens is 1. The lowest BCUT2D eigenvalue weighted by Gasteiger charge is -2.29. The van der Waals surface area contributed by atoms with Gasteiger partial charge in [-0.15, -0.1) is 0 Å². The van der Waals surface area contributed by atoms with Gasteiger partial charge in [0.2, 0.25) is 11.8 Å². The predicted octanol–water partition coefficient (Wildman–Crippen LogP) is 4.06. The average molecular weight is 399 g/mol. The van der Waals surface area contributed by atoms with Crippen LogP contribution in [-0.4, -0.2) is 23.9 Å². The molecule has 1 aliphatic rings. The first kappa shape index (κ1) is 20.4. The smallest absolute Gasteiger partial charge is 0.220 e. The van der Waals surface area contributed by atoms with Gasteiger partial charge in [0, 0.05) is 29.9 Å². The van der Waals surface area contributed by atoms with E-state index >= 15 is 0 Å². The van der Waals surface area contributed by atoms with E-state index in [1.165, 1.54) is 5.56 Å². The summed E-state index contributed by atoms with van der Waals surface area (Å²) in [7, 11) is 0. The first-order chi connectivity index (χ1) is 13.5. The first-order valence-electron chi connectivity index (χ1n) is 9.91. The van der Waals surface area contributed by atoms with Gasteiger partial charge in [0.1, 0.15) is 0 Å². The van der Waals surface area contributed by atoms with Crippen molar-refractivity contribution in [2.75, 3.05) is 6.54 Å². The standard InChI is InChI=1S/C23H27ClN2O2/c24-20-10-8-19(9-11-20)17-23(15-13-22(28)26-23)14-12-21(27)25-16-4-7-18-5-2-1-3-6-18/h1-3,5-6,8-11H,4,7,12-17H2,(H,25,27)(H,26,28). The summed E-state index contributed by atoms with van der Waals surface area (Å²) in [5.41, 5.74) is 2.06. The van der Waals surface area contributed by atoms with Crippen LogP contribution >= 0.6 is 11.6 Å². The van der Waals surface area contributed by atoms with E-state index < -0.39 is 0 Å². The number of amides is 2. The molecule has 2 amide bonds. The Morgan fingerprint density at radius 1 is 1.07 bits per heavy atom. The second-order valence-corrected chi connectivity index (χ2v) is 8.01. The van der Waals surface area contributed by atoms with Crippen molar-refractivity contribution >= 4 is 23.4 Å². The maximum absolute atomic E-state index is 12.3. The summed E-state index contributed by atoms with van der Waals surface area (Å²) in [5.74, 6) is 0.113. The molecule has 1 heterocycles. The highest BCUT2D eigenvalue weighted by Gasteiger charge is 2.37. The lowest BCUT2D eigenvalue weighted by molar-refractivity contribution is -0.122. The number of hydrogen-bond donors (Lipinski definition) is 2. The molecule has 1 saturated heterocycles. The minimum atomic E-state index is -0.341. The van der Waals surface area contributed by atoms with Crippen molar-refractivity contribution in [3.8, 4) is 0 Å². The van der Waals surface area contributed by atoms with Crippen LogP contribution in [0.2, 0.25) is 5.02 Å². The van der Waals surface area contributed by atoms with Gasteiger partial charge in [0.15, 0.2) is 0 Å². The fraction of sp³-hybridized carbons (Fsp3) is 0.391. The molecule has 5 heteroatoms. The summed E-state index contributed by atoms with van der Waals surface area (Å²) < 4.78 is 0. The Hall–Kier alpha value is -2.33. The first-order valence-corrected chi connectivity index (χ1v) is 10.3. The van der Waals surface area contributed by atoms with E-state index in [0.717, 1.165) is 31.2 Å². The number of aryl methyl sites for hydroxylation is 1. The number of rotatable bonds is 9. The van der Waals surface area contributed by atoms with Gasteiger partial charge in [-0.1, -0.05) is 54.1 Å². The van der Waals surface area contributed by atoms with Crippen molar-refractivity contribution < 1.29 is 9.59 Å². The lowest BCUT2D eigenvalue weighted by atomic mass is 9.85. The molecule has 1 atom stereocenters. The third-order valence-corrected chi connectivity index (χ3v) is 5.58. The SMILES string of the molecule is O=C(CCC1(Cc2ccc(Cl)cc2)CCC(=O)N1)NCCCc1ccccc1. The zero-order valence-corrected chi connectivity index (χ0v) is 16.8. The molecule has 1 aliphatic heterocycles. The van der Waals surface area contributed by atoms with Crippen LogP contribution in [0.1, 0.15) is 43.2 Å². The average Bonchev–Trinajstić information content (AvgIpc) is 3.07. The molecule has 2 N–H and O–H groups in total. The van der Waals surface area contributed by atoms with Gasteiger partial charge in [0.05, 0.1) is 0 Å². The quantitative estimate of drug-likeness (QED) is 0.626. The highest BCUT2D eigenvalue weighted by Crippen LogP contribution is 2.30. The monoisotopic (exact) mass is 398 g/mol. The largest absolute Gasteiger partial charge is 0.356 e. The van der Waals surface area contributed by atoms with Crippen molar-refractivity contribution in [1.82, 2.24) is 10.6 Å². The predicted molar refractivity (Wildman–Crippen MR) is 112 cm³/mol. The lowest BCUT2D eigenvalue weighted by Crippen LogP contribution is -2.44. The van der Waals surface area contributed by atoms with Crippen LogP contribution in [0.3, 0.4) is 0 Å². The Morgan fingerprint density at radius 2 is 1.82 bits per heavy atom. The van der Waals surface area contributed by atoms with Crippen LogP contribution in [0, 0.1) is 0 Å². The third kappa shape index (κ3) is 6.10. The molecule has 0 saturated carbocycles. The minimum absolute atomic E-state index is 0.0460. The van der Waals surface area contributed by atoms with E-state index in [2.05, 4.69) is 22.8 Å². The molecule has 0 radical (unpaired) electrons. The van der Waals surface area contributed by atoms with E-state index in [4.69, 9.17) is 11.6 Å². The molecule has 0 spiro atoms. The highest BCUT2D eigenvalue weighted by atomic mass is 35.5. The molecule has 28 heavy (non-hydrogen) atoms.